The van der Waals surface area contributed by atoms with Crippen molar-refractivity contribution < 1.29 is 0 Å². The Morgan fingerprint density at radius 1 is 1.00 bits per heavy atom. The minimum Gasteiger partial charge on any atom is -0.303 e. The fraction of sp³-hybridized carbons (Fsp3) is 1.00. The van der Waals surface area contributed by atoms with Gasteiger partial charge in [0.25, 0.3) is 0 Å². The summed E-state index contributed by atoms with van der Waals surface area (Å²) in [5, 5.41) is 0. The predicted octanol–water partition coefficient (Wildman–Crippen LogP) is 2.43. The minimum atomic E-state index is 1.02. The van der Waals surface area contributed by atoms with Crippen LogP contribution in [0.25, 0.3) is 0 Å². The summed E-state index contributed by atoms with van der Waals surface area (Å²) in [5.74, 6) is 1.02. The lowest BCUT2D eigenvalue weighted by Gasteiger charge is -2.19. The third kappa shape index (κ3) is 6.70. The van der Waals surface area contributed by atoms with Crippen molar-refractivity contribution in [2.45, 2.75) is 33.1 Å². The van der Waals surface area contributed by atoms with Crippen LogP contribution in [0.15, 0.2) is 0 Å². The molecule has 0 aliphatic heterocycles. The first-order valence-corrected chi connectivity index (χ1v) is 5.31. The Morgan fingerprint density at radius 3 is 1.91 bits per heavy atom. The smallest absolute Gasteiger partial charge is 0.00110 e. The summed E-state index contributed by atoms with van der Waals surface area (Å²) in [7, 11) is 0. The number of rotatable bonds is 7. The van der Waals surface area contributed by atoms with Gasteiger partial charge in [-0.25, -0.2) is 0 Å². The van der Waals surface area contributed by atoms with Gasteiger partial charge in [-0.1, -0.05) is 13.8 Å². The first kappa shape index (κ1) is 11.3. The number of nitrogens with zero attached hydrogens (tertiary/aromatic N) is 1. The van der Waals surface area contributed by atoms with Crippen LogP contribution in [0.1, 0.15) is 33.1 Å². The van der Waals surface area contributed by atoms with E-state index >= 15 is 0 Å². The normalized spacial score (nSPS) is 10.9. The quantitative estimate of drug-likeness (QED) is 0.582. The van der Waals surface area contributed by atoms with E-state index in [9.17, 15) is 0 Å². The van der Waals surface area contributed by atoms with Gasteiger partial charge < -0.3 is 4.90 Å². The summed E-state index contributed by atoms with van der Waals surface area (Å²) in [6.45, 7) is 8.21. The topological polar surface area (TPSA) is 3.24 Å². The molecule has 0 atom stereocenters. The molecule has 0 bridgehead atoms. The molecule has 0 radical (unpaired) electrons. The zero-order valence-corrected chi connectivity index (χ0v) is 8.74. The van der Waals surface area contributed by atoms with Crippen LogP contribution < -0.4 is 0 Å². The van der Waals surface area contributed by atoms with Crippen molar-refractivity contribution in [3.8, 4) is 0 Å². The minimum absolute atomic E-state index is 1.02. The highest BCUT2D eigenvalue weighted by Crippen LogP contribution is 1.96. The summed E-state index contributed by atoms with van der Waals surface area (Å²) in [5.41, 5.74) is 0. The first-order chi connectivity index (χ1) is 5.35. The van der Waals surface area contributed by atoms with Crippen molar-refractivity contribution in [1.29, 1.82) is 0 Å². The van der Waals surface area contributed by atoms with Crippen LogP contribution in [0.2, 0.25) is 0 Å². The van der Waals surface area contributed by atoms with E-state index in [1.165, 1.54) is 38.9 Å². The highest BCUT2D eigenvalue weighted by Gasteiger charge is 1.99. The van der Waals surface area contributed by atoms with E-state index in [2.05, 4.69) is 31.4 Å². The van der Waals surface area contributed by atoms with Crippen LogP contribution in [0.5, 0.6) is 0 Å². The molecule has 0 unspecified atom stereocenters. The Hall–Kier alpha value is 0.310. The van der Waals surface area contributed by atoms with Crippen LogP contribution in [-0.4, -0.2) is 30.3 Å². The van der Waals surface area contributed by atoms with Crippen LogP contribution in [0.3, 0.4) is 0 Å². The van der Waals surface area contributed by atoms with E-state index in [0.29, 0.717) is 0 Å². The molecule has 0 rings (SSSR count). The Kier molecular flexibility index (Phi) is 8.64. The van der Waals surface area contributed by atoms with Crippen LogP contribution in [-0.2, 0) is 0 Å². The second-order valence-electron chi connectivity index (χ2n) is 2.92. The molecule has 0 aliphatic carbocycles. The Bertz CT molecular complexity index is 70.0. The lowest BCUT2D eigenvalue weighted by Crippen LogP contribution is -2.26. The van der Waals surface area contributed by atoms with Crippen molar-refractivity contribution in [2.75, 3.05) is 25.4 Å². The van der Waals surface area contributed by atoms with Crippen LogP contribution >= 0.6 is 12.6 Å². The number of hydrogen-bond acceptors (Lipinski definition) is 2. The molecule has 0 fully saturated rings. The lowest BCUT2D eigenvalue weighted by atomic mass is 10.3. The average Bonchev–Trinajstić information content (AvgIpc) is 2.01. The van der Waals surface area contributed by atoms with Crippen molar-refractivity contribution in [1.82, 2.24) is 4.90 Å². The summed E-state index contributed by atoms with van der Waals surface area (Å²) in [6.07, 6.45) is 3.77. The van der Waals surface area contributed by atoms with Gasteiger partial charge in [0.2, 0.25) is 0 Å². The zero-order valence-electron chi connectivity index (χ0n) is 7.84. The molecular formula is C9H21NS. The third-order valence-corrected chi connectivity index (χ3v) is 2.03. The average molecular weight is 175 g/mol. The van der Waals surface area contributed by atoms with Crippen molar-refractivity contribution in [3.05, 3.63) is 0 Å². The molecule has 0 spiro atoms. The van der Waals surface area contributed by atoms with Gasteiger partial charge in [0, 0.05) is 0 Å². The van der Waals surface area contributed by atoms with E-state index in [-0.39, 0.29) is 0 Å². The number of thiol groups is 1. The standard InChI is InChI=1S/C9H21NS/c1-3-6-10(7-4-2)8-5-9-11/h11H,3-9H2,1-2H3. The van der Waals surface area contributed by atoms with Crippen LogP contribution in [0, 0.1) is 0 Å². The van der Waals surface area contributed by atoms with Crippen molar-refractivity contribution in [2.24, 2.45) is 0 Å². The highest BCUT2D eigenvalue weighted by molar-refractivity contribution is 7.80. The summed E-state index contributed by atoms with van der Waals surface area (Å²) in [4.78, 5) is 2.52. The maximum atomic E-state index is 4.20. The van der Waals surface area contributed by atoms with E-state index in [1.54, 1.807) is 0 Å². The molecular weight excluding hydrogens is 154 g/mol. The molecule has 1 nitrogen and oxygen atoms in total. The molecule has 0 heterocycles. The third-order valence-electron chi connectivity index (χ3n) is 1.71. The van der Waals surface area contributed by atoms with E-state index in [0.717, 1.165) is 5.75 Å². The second-order valence-corrected chi connectivity index (χ2v) is 3.37. The molecule has 2 heteroatoms. The highest BCUT2D eigenvalue weighted by atomic mass is 32.1. The van der Waals surface area contributed by atoms with Gasteiger partial charge in [0.1, 0.15) is 0 Å². The van der Waals surface area contributed by atoms with Gasteiger partial charge in [-0.05, 0) is 44.6 Å². The maximum absolute atomic E-state index is 4.20. The van der Waals surface area contributed by atoms with Gasteiger partial charge in [-0.2, -0.15) is 12.6 Å². The zero-order chi connectivity index (χ0) is 8.53. The van der Waals surface area contributed by atoms with Crippen LogP contribution in [0.4, 0.5) is 0 Å². The Morgan fingerprint density at radius 2 is 1.55 bits per heavy atom. The Balaban J connectivity index is 3.34. The first-order valence-electron chi connectivity index (χ1n) is 4.68. The number of hydrogen-bond donors (Lipinski definition) is 1. The van der Waals surface area contributed by atoms with E-state index in [4.69, 9.17) is 0 Å². The fourth-order valence-corrected chi connectivity index (χ4v) is 1.40. The molecule has 0 aromatic carbocycles. The van der Waals surface area contributed by atoms with Crippen molar-refractivity contribution >= 4 is 12.6 Å². The molecule has 0 N–H and O–H groups in total. The molecule has 0 saturated heterocycles. The van der Waals surface area contributed by atoms with Gasteiger partial charge in [-0.3, -0.25) is 0 Å². The van der Waals surface area contributed by atoms with Gasteiger partial charge >= 0.3 is 0 Å². The Labute approximate surface area is 76.6 Å². The summed E-state index contributed by atoms with van der Waals surface area (Å²) < 4.78 is 0. The molecule has 68 valence electrons. The predicted molar refractivity (Wildman–Crippen MR) is 55.5 cm³/mol. The SMILES string of the molecule is CCCN(CCC)CCCS. The monoisotopic (exact) mass is 175 g/mol. The molecule has 0 saturated carbocycles. The van der Waals surface area contributed by atoms with Crippen molar-refractivity contribution in [3.63, 3.8) is 0 Å². The lowest BCUT2D eigenvalue weighted by molar-refractivity contribution is 0.276. The molecule has 0 aliphatic rings. The summed E-state index contributed by atoms with van der Waals surface area (Å²) in [6, 6.07) is 0. The molecule has 0 aromatic rings. The van der Waals surface area contributed by atoms with Gasteiger partial charge in [0.15, 0.2) is 0 Å². The van der Waals surface area contributed by atoms with E-state index in [1.807, 2.05) is 0 Å². The van der Waals surface area contributed by atoms with Gasteiger partial charge in [-0.15, -0.1) is 0 Å². The largest absolute Gasteiger partial charge is 0.303 e. The maximum Gasteiger partial charge on any atom is -0.00110 e. The second kappa shape index (κ2) is 8.41. The molecule has 0 aromatic heterocycles. The van der Waals surface area contributed by atoms with E-state index < -0.39 is 0 Å². The molecule has 0 amide bonds. The summed E-state index contributed by atoms with van der Waals surface area (Å²) >= 11 is 4.20. The van der Waals surface area contributed by atoms with Gasteiger partial charge in [0.05, 0.1) is 0 Å². The molecule has 11 heavy (non-hydrogen) atoms. The fourth-order valence-electron chi connectivity index (χ4n) is 1.26.